The lowest BCUT2D eigenvalue weighted by Crippen LogP contribution is -2.60. The van der Waals surface area contributed by atoms with Gasteiger partial charge in [0.25, 0.3) is 5.91 Å². The average molecular weight is 575 g/mol. The topological polar surface area (TPSA) is 134 Å². The van der Waals surface area contributed by atoms with Crippen LogP contribution >= 0.6 is 0 Å². The molecule has 3 rings (SSSR count). The van der Waals surface area contributed by atoms with E-state index in [0.29, 0.717) is 19.4 Å². The molecule has 0 aromatic heterocycles. The summed E-state index contributed by atoms with van der Waals surface area (Å²) in [6, 6.07) is -2.74. The number of fused-ring (bicyclic) bond motifs is 1. The fraction of sp³-hybridized carbons (Fsp3) is 0.774. The number of likely N-dealkylation sites (tertiary alicyclic amines) is 1. The van der Waals surface area contributed by atoms with Gasteiger partial charge in [-0.2, -0.15) is 0 Å². The highest BCUT2D eigenvalue weighted by atomic mass is 16.6. The van der Waals surface area contributed by atoms with Gasteiger partial charge in [-0.05, 0) is 53.8 Å². The number of carbonyl (C=O) groups is 5. The Hall–Kier alpha value is -2.91. The van der Waals surface area contributed by atoms with Gasteiger partial charge < -0.3 is 25.6 Å². The number of Topliss-reactive ketones (excluding diaryl/α,β-unsaturated/α-hetero) is 1. The molecule has 0 bridgehead atoms. The first-order valence-corrected chi connectivity index (χ1v) is 15.0. The van der Waals surface area contributed by atoms with Crippen LogP contribution in [0.15, 0.2) is 12.7 Å². The van der Waals surface area contributed by atoms with Crippen LogP contribution in [0.1, 0.15) is 87.5 Å². The molecule has 2 unspecified atom stereocenters. The number of carbonyl (C=O) groups excluding carboxylic acids is 5. The van der Waals surface area contributed by atoms with E-state index in [9.17, 15) is 24.0 Å². The molecule has 3 fully saturated rings. The highest BCUT2D eigenvalue weighted by molar-refractivity contribution is 6.38. The lowest BCUT2D eigenvalue weighted by atomic mass is 9.85. The van der Waals surface area contributed by atoms with E-state index in [1.165, 1.54) is 6.08 Å². The Balaban J connectivity index is 1.78. The summed E-state index contributed by atoms with van der Waals surface area (Å²) in [5.74, 6) is -2.29. The summed E-state index contributed by atoms with van der Waals surface area (Å²) in [4.78, 5) is 67.6. The molecule has 4 amide bonds. The molecule has 0 radical (unpaired) electrons. The summed E-state index contributed by atoms with van der Waals surface area (Å²) in [6.07, 6.45) is 4.02. The third-order valence-corrected chi connectivity index (χ3v) is 9.17. The van der Waals surface area contributed by atoms with Gasteiger partial charge in [0.15, 0.2) is 0 Å². The molecule has 3 aliphatic rings. The lowest BCUT2D eigenvalue weighted by molar-refractivity contribution is -0.145. The first-order chi connectivity index (χ1) is 18.9. The molecule has 0 aromatic carbocycles. The van der Waals surface area contributed by atoms with Crippen molar-refractivity contribution in [2.45, 2.75) is 112 Å². The van der Waals surface area contributed by atoms with Crippen LogP contribution in [0.5, 0.6) is 0 Å². The second kappa shape index (κ2) is 12.1. The van der Waals surface area contributed by atoms with Crippen LogP contribution in [0.4, 0.5) is 4.79 Å². The number of ketones is 1. The van der Waals surface area contributed by atoms with Crippen molar-refractivity contribution >= 4 is 29.6 Å². The van der Waals surface area contributed by atoms with Gasteiger partial charge in [0, 0.05) is 13.1 Å². The van der Waals surface area contributed by atoms with Crippen LogP contribution in [0.3, 0.4) is 0 Å². The number of nitrogens with zero attached hydrogens (tertiary/aromatic N) is 1. The zero-order chi connectivity index (χ0) is 30.9. The van der Waals surface area contributed by atoms with Gasteiger partial charge in [0.2, 0.25) is 17.6 Å². The van der Waals surface area contributed by atoms with Crippen molar-refractivity contribution in [3.05, 3.63) is 12.7 Å². The molecular formula is C31H50N4O6. The Bertz CT molecular complexity index is 1060. The summed E-state index contributed by atoms with van der Waals surface area (Å²) in [5, 5.41) is 8.08. The molecule has 1 saturated heterocycles. The minimum Gasteiger partial charge on any atom is -0.446 e. The molecule has 3 N–H and O–H groups in total. The standard InChI is InChI=1S/C31H50N4O6/c1-10-12-20(23(36)26(38)32-15-11-2)33-25(37)22-21-19(31(21,8)9)17-35(22)27(39)24(29(3,4)5)34-28(40)41-18-13-14-30(6,7)16-18/h11,18-22,24H,2,10,12-17H2,1,3-9H3,(H,32,38)(H,33,37)(H,34,40)/t18?,19-,20+,21?,22-,24+/m0/s1. The van der Waals surface area contributed by atoms with E-state index >= 15 is 0 Å². The van der Waals surface area contributed by atoms with Gasteiger partial charge >= 0.3 is 6.09 Å². The second-order valence-electron chi connectivity index (χ2n) is 14.5. The van der Waals surface area contributed by atoms with Crippen molar-refractivity contribution in [2.24, 2.45) is 28.1 Å². The zero-order valence-corrected chi connectivity index (χ0v) is 26.1. The van der Waals surface area contributed by atoms with Crippen LogP contribution in [-0.2, 0) is 23.9 Å². The summed E-state index contributed by atoms with van der Waals surface area (Å²) in [6.45, 7) is 19.9. The van der Waals surface area contributed by atoms with Gasteiger partial charge in [0.05, 0.1) is 6.04 Å². The normalized spacial score (nSPS) is 27.2. The van der Waals surface area contributed by atoms with Crippen molar-refractivity contribution in [3.8, 4) is 0 Å². The molecule has 230 valence electrons. The quantitative estimate of drug-likeness (QED) is 0.256. The Labute approximate surface area is 244 Å². The maximum atomic E-state index is 14.1. The molecule has 41 heavy (non-hydrogen) atoms. The summed E-state index contributed by atoms with van der Waals surface area (Å²) >= 11 is 0. The third-order valence-electron chi connectivity index (χ3n) is 9.17. The van der Waals surface area contributed by atoms with E-state index in [4.69, 9.17) is 4.74 Å². The average Bonchev–Trinajstić information content (AvgIpc) is 3.19. The van der Waals surface area contributed by atoms with E-state index in [1.54, 1.807) is 4.90 Å². The number of hydrogen-bond donors (Lipinski definition) is 3. The molecule has 1 heterocycles. The molecular weight excluding hydrogens is 524 g/mol. The van der Waals surface area contributed by atoms with E-state index < -0.39 is 47.2 Å². The molecule has 6 atom stereocenters. The Morgan fingerprint density at radius 3 is 2.29 bits per heavy atom. The van der Waals surface area contributed by atoms with E-state index in [-0.39, 0.29) is 41.2 Å². The van der Waals surface area contributed by atoms with Crippen LogP contribution in [0.25, 0.3) is 0 Å². The van der Waals surface area contributed by atoms with Gasteiger partial charge in [0.1, 0.15) is 18.2 Å². The third kappa shape index (κ3) is 7.30. The number of amides is 4. The fourth-order valence-corrected chi connectivity index (χ4v) is 6.63. The number of hydrogen-bond acceptors (Lipinski definition) is 6. The molecule has 2 aliphatic carbocycles. The first-order valence-electron chi connectivity index (χ1n) is 15.0. The maximum Gasteiger partial charge on any atom is 0.408 e. The predicted octanol–water partition coefficient (Wildman–Crippen LogP) is 3.35. The van der Waals surface area contributed by atoms with E-state index in [2.05, 4.69) is 50.2 Å². The molecule has 10 heteroatoms. The monoisotopic (exact) mass is 574 g/mol. The SMILES string of the molecule is C=CCNC(=O)C(=O)[C@@H](CCC)NC(=O)[C@@H]1C2[C@H](CN1C(=O)[C@@H](NC(=O)OC1CCC(C)(C)C1)C(C)(C)C)C2(C)C. The lowest BCUT2D eigenvalue weighted by Gasteiger charge is -2.37. The van der Waals surface area contributed by atoms with Crippen molar-refractivity contribution in [2.75, 3.05) is 13.1 Å². The predicted molar refractivity (Wildman–Crippen MR) is 156 cm³/mol. The summed E-state index contributed by atoms with van der Waals surface area (Å²) in [5.41, 5.74) is -0.695. The van der Waals surface area contributed by atoms with Gasteiger partial charge in [-0.3, -0.25) is 19.2 Å². The summed E-state index contributed by atoms with van der Waals surface area (Å²) < 4.78 is 5.70. The smallest absolute Gasteiger partial charge is 0.408 e. The second-order valence-corrected chi connectivity index (χ2v) is 14.5. The van der Waals surface area contributed by atoms with E-state index in [0.717, 1.165) is 19.3 Å². The summed E-state index contributed by atoms with van der Waals surface area (Å²) in [7, 11) is 0. The number of ether oxygens (including phenoxy) is 1. The first kappa shape index (κ1) is 32.6. The van der Waals surface area contributed by atoms with E-state index in [1.807, 2.05) is 27.7 Å². The fourth-order valence-electron chi connectivity index (χ4n) is 6.63. The Morgan fingerprint density at radius 2 is 1.76 bits per heavy atom. The van der Waals surface area contributed by atoms with Crippen molar-refractivity contribution in [1.82, 2.24) is 20.9 Å². The highest BCUT2D eigenvalue weighted by Gasteiger charge is 2.70. The maximum absolute atomic E-state index is 14.1. The molecule has 10 nitrogen and oxygen atoms in total. The molecule has 1 aliphatic heterocycles. The molecule has 0 spiro atoms. The van der Waals surface area contributed by atoms with Crippen molar-refractivity contribution in [3.63, 3.8) is 0 Å². The number of alkyl carbamates (subject to hydrolysis) is 1. The minimum atomic E-state index is -1.00. The van der Waals surface area contributed by atoms with Crippen LogP contribution in [0, 0.1) is 28.1 Å². The van der Waals surface area contributed by atoms with Crippen LogP contribution in [0.2, 0.25) is 0 Å². The van der Waals surface area contributed by atoms with Crippen molar-refractivity contribution in [1.29, 1.82) is 0 Å². The van der Waals surface area contributed by atoms with Gasteiger partial charge in [-0.15, -0.1) is 6.58 Å². The molecule has 2 saturated carbocycles. The number of nitrogens with one attached hydrogen (secondary N) is 3. The minimum absolute atomic E-state index is 0.0910. The van der Waals surface area contributed by atoms with Gasteiger partial charge in [-0.1, -0.05) is 67.9 Å². The Kier molecular flexibility index (Phi) is 9.65. The Morgan fingerprint density at radius 1 is 1.10 bits per heavy atom. The van der Waals surface area contributed by atoms with Gasteiger partial charge in [-0.25, -0.2) is 4.79 Å². The van der Waals surface area contributed by atoms with Crippen LogP contribution in [-0.4, -0.2) is 71.8 Å². The highest BCUT2D eigenvalue weighted by Crippen LogP contribution is 2.65. The van der Waals surface area contributed by atoms with Crippen LogP contribution < -0.4 is 16.0 Å². The van der Waals surface area contributed by atoms with Crippen molar-refractivity contribution < 1.29 is 28.7 Å². The molecule has 0 aromatic rings. The zero-order valence-electron chi connectivity index (χ0n) is 26.1. The number of piperidine rings is 1. The number of rotatable bonds is 11. The largest absolute Gasteiger partial charge is 0.446 e.